The Labute approximate surface area is 168 Å². The molecule has 0 aliphatic heterocycles. The summed E-state index contributed by atoms with van der Waals surface area (Å²) in [5.74, 6) is 0.277. The maximum Gasteiger partial charge on any atom is 0.344 e. The van der Waals surface area contributed by atoms with Crippen LogP contribution in [-0.4, -0.2) is 30.7 Å². The summed E-state index contributed by atoms with van der Waals surface area (Å²) < 4.78 is 12.2. The molecule has 1 aliphatic carbocycles. The van der Waals surface area contributed by atoms with Crippen molar-refractivity contribution in [3.05, 3.63) is 38.5 Å². The Hall–Kier alpha value is -1.67. The van der Waals surface area contributed by atoms with Gasteiger partial charge in [0.2, 0.25) is 0 Å². The lowest BCUT2D eigenvalue weighted by molar-refractivity contribution is -0.115. The number of allylic oxidation sites excluding steroid dienone is 2. The molecule has 0 spiro atoms. The fourth-order valence-electron chi connectivity index (χ4n) is 2.22. The number of hydrogen-bond donors (Lipinski definition) is 0. The van der Waals surface area contributed by atoms with Crippen molar-refractivity contribution in [3.63, 3.8) is 0 Å². The molecule has 0 saturated heterocycles. The normalized spacial score (nSPS) is 14.7. The molecule has 0 bridgehead atoms. The van der Waals surface area contributed by atoms with Crippen molar-refractivity contribution >= 4 is 49.3 Å². The first-order valence-corrected chi connectivity index (χ1v) is 9.72. The number of ketones is 1. The average molecular weight is 489 g/mol. The summed E-state index contributed by atoms with van der Waals surface area (Å²) in [5.41, 5.74) is 0.964. The van der Waals surface area contributed by atoms with Gasteiger partial charge in [0.15, 0.2) is 5.78 Å². The lowest BCUT2D eigenvalue weighted by atomic mass is 10.1. The Kier molecular flexibility index (Phi) is 7.84. The molecule has 0 N–H and O–H groups in total. The van der Waals surface area contributed by atoms with Gasteiger partial charge in [0.25, 0.3) is 0 Å². The number of halogens is 2. The highest BCUT2D eigenvalue weighted by atomic mass is 79.9. The number of ether oxygens (including phenoxy) is 2. The Bertz CT molecular complexity index is 758. The smallest absolute Gasteiger partial charge is 0.344 e. The van der Waals surface area contributed by atoms with Crippen LogP contribution in [0.3, 0.4) is 0 Å². The van der Waals surface area contributed by atoms with Crippen molar-refractivity contribution in [2.45, 2.75) is 33.1 Å². The van der Waals surface area contributed by atoms with Gasteiger partial charge in [0.05, 0.1) is 20.2 Å². The van der Waals surface area contributed by atoms with Crippen LogP contribution in [-0.2, 0) is 14.4 Å². The molecule has 0 fully saturated rings. The Morgan fingerprint density at radius 3 is 2.73 bits per heavy atom. The third kappa shape index (κ3) is 5.67. The first kappa shape index (κ1) is 20.6. The molecule has 0 atom stereocenters. The Morgan fingerprint density at radius 1 is 1.27 bits per heavy atom. The van der Waals surface area contributed by atoms with E-state index in [0.29, 0.717) is 57.6 Å². The minimum absolute atomic E-state index is 0.0259. The van der Waals surface area contributed by atoms with E-state index < -0.39 is 5.97 Å². The number of esters is 1. The number of nitrogens with zero attached hydrogens (tertiary/aromatic N) is 1. The van der Waals surface area contributed by atoms with Crippen LogP contribution in [0.15, 0.2) is 38.1 Å². The topological polar surface area (TPSA) is 74.2 Å². The van der Waals surface area contributed by atoms with Gasteiger partial charge in [-0.2, -0.15) is 0 Å². The van der Waals surface area contributed by atoms with Crippen LogP contribution < -0.4 is 4.74 Å². The molecule has 140 valence electrons. The van der Waals surface area contributed by atoms with E-state index in [1.54, 1.807) is 19.1 Å². The summed E-state index contributed by atoms with van der Waals surface area (Å²) in [4.78, 5) is 28.9. The Balaban J connectivity index is 2.15. The van der Waals surface area contributed by atoms with Crippen molar-refractivity contribution in [1.82, 2.24) is 0 Å². The summed E-state index contributed by atoms with van der Waals surface area (Å²) in [6.45, 7) is 4.30. The second-order valence-corrected chi connectivity index (χ2v) is 7.24. The van der Waals surface area contributed by atoms with E-state index in [-0.39, 0.29) is 12.4 Å². The number of benzene rings is 1. The average Bonchev–Trinajstić information content (AvgIpc) is 2.59. The molecule has 26 heavy (non-hydrogen) atoms. The largest absolute Gasteiger partial charge is 0.485 e. The van der Waals surface area contributed by atoms with Crippen LogP contribution in [0.5, 0.6) is 5.75 Å². The van der Waals surface area contributed by atoms with Crippen LogP contribution in [0.1, 0.15) is 43.5 Å². The lowest BCUT2D eigenvalue weighted by Crippen LogP contribution is -2.13. The van der Waals surface area contributed by atoms with Crippen LogP contribution >= 0.6 is 31.9 Å². The highest BCUT2D eigenvalue weighted by molar-refractivity contribution is 9.11. The monoisotopic (exact) mass is 487 g/mol. The first-order chi connectivity index (χ1) is 12.4. The predicted octanol–water partition coefficient (Wildman–Crippen LogP) is 4.80. The molecule has 1 aromatic rings. The fraction of sp³-hybridized carbons (Fsp3) is 0.389. The van der Waals surface area contributed by atoms with E-state index >= 15 is 0 Å². The first-order valence-electron chi connectivity index (χ1n) is 8.14. The third-order valence-electron chi connectivity index (χ3n) is 3.44. The molecular weight excluding hydrogens is 470 g/mol. The quantitative estimate of drug-likeness (QED) is 0.313. The van der Waals surface area contributed by atoms with Gasteiger partial charge in [-0.3, -0.25) is 4.79 Å². The molecule has 6 nitrogen and oxygen atoms in total. The fourth-order valence-corrected chi connectivity index (χ4v) is 3.55. The molecule has 2 rings (SSSR count). The number of carbonyl (C=O) groups excluding carboxylic acids is 2. The standard InChI is InChI=1S/C18H19Br2NO5/c1-3-25-21-11(2)10-24-17-15(19)8-7-14(16(17)20)18(23)26-13-6-4-5-12(22)9-13/h7-9H,3-6,10H2,1-2H3/b21-11-. The molecular formula is C18H19Br2NO5. The van der Waals surface area contributed by atoms with Crippen molar-refractivity contribution in [2.75, 3.05) is 13.2 Å². The van der Waals surface area contributed by atoms with E-state index in [2.05, 4.69) is 37.0 Å². The summed E-state index contributed by atoms with van der Waals surface area (Å²) in [5, 5.41) is 3.89. The van der Waals surface area contributed by atoms with Crippen LogP contribution in [0.25, 0.3) is 0 Å². The van der Waals surface area contributed by atoms with Crippen molar-refractivity contribution < 1.29 is 23.9 Å². The van der Waals surface area contributed by atoms with E-state index in [1.807, 2.05) is 6.92 Å². The zero-order chi connectivity index (χ0) is 19.1. The second kappa shape index (κ2) is 9.87. The second-order valence-electron chi connectivity index (χ2n) is 5.59. The maximum absolute atomic E-state index is 12.5. The van der Waals surface area contributed by atoms with Crippen LogP contribution in [0.4, 0.5) is 0 Å². The van der Waals surface area contributed by atoms with Crippen LogP contribution in [0, 0.1) is 0 Å². The highest BCUT2D eigenvalue weighted by Crippen LogP contribution is 2.37. The van der Waals surface area contributed by atoms with E-state index in [4.69, 9.17) is 14.3 Å². The van der Waals surface area contributed by atoms with E-state index in [1.165, 1.54) is 6.08 Å². The Morgan fingerprint density at radius 2 is 2.04 bits per heavy atom. The van der Waals surface area contributed by atoms with Gasteiger partial charge in [-0.05, 0) is 64.3 Å². The SMILES string of the molecule is CCO/N=C(/C)COc1c(Br)ccc(C(=O)OC2=CC(=O)CCC2)c1Br. The summed E-state index contributed by atoms with van der Waals surface area (Å²) in [6.07, 6.45) is 3.14. The van der Waals surface area contributed by atoms with Crippen molar-refractivity contribution in [3.8, 4) is 5.75 Å². The molecule has 1 aliphatic rings. The van der Waals surface area contributed by atoms with Crippen LogP contribution in [0.2, 0.25) is 0 Å². The third-order valence-corrected chi connectivity index (χ3v) is 4.85. The molecule has 0 amide bonds. The molecule has 8 heteroatoms. The minimum Gasteiger partial charge on any atom is -0.485 e. The summed E-state index contributed by atoms with van der Waals surface area (Å²) in [6, 6.07) is 3.32. The molecule has 0 heterocycles. The molecule has 0 radical (unpaired) electrons. The van der Waals surface area contributed by atoms with Gasteiger partial charge in [-0.25, -0.2) is 4.79 Å². The molecule has 0 unspecified atom stereocenters. The van der Waals surface area contributed by atoms with Gasteiger partial charge in [0, 0.05) is 18.9 Å². The number of carbonyl (C=O) groups is 2. The van der Waals surface area contributed by atoms with Gasteiger partial charge in [0.1, 0.15) is 24.7 Å². The van der Waals surface area contributed by atoms with Crippen molar-refractivity contribution in [2.24, 2.45) is 5.16 Å². The summed E-state index contributed by atoms with van der Waals surface area (Å²) >= 11 is 6.80. The summed E-state index contributed by atoms with van der Waals surface area (Å²) in [7, 11) is 0. The zero-order valence-corrected chi connectivity index (χ0v) is 17.7. The van der Waals surface area contributed by atoms with Gasteiger partial charge in [-0.1, -0.05) is 5.16 Å². The molecule has 0 saturated carbocycles. The minimum atomic E-state index is -0.546. The molecule has 1 aromatic carbocycles. The number of oxime groups is 1. The van der Waals surface area contributed by atoms with Gasteiger partial charge >= 0.3 is 5.97 Å². The van der Waals surface area contributed by atoms with E-state index in [0.717, 1.165) is 0 Å². The maximum atomic E-state index is 12.5. The van der Waals surface area contributed by atoms with E-state index in [9.17, 15) is 9.59 Å². The highest BCUT2D eigenvalue weighted by Gasteiger charge is 2.21. The molecule has 0 aromatic heterocycles. The number of hydrogen-bond acceptors (Lipinski definition) is 6. The van der Waals surface area contributed by atoms with Gasteiger partial charge < -0.3 is 14.3 Å². The van der Waals surface area contributed by atoms with Gasteiger partial charge in [-0.15, -0.1) is 0 Å². The lowest BCUT2D eigenvalue weighted by Gasteiger charge is -2.15. The number of rotatable bonds is 7. The van der Waals surface area contributed by atoms with Crippen molar-refractivity contribution in [1.29, 1.82) is 0 Å². The predicted molar refractivity (Wildman–Crippen MR) is 104 cm³/mol. The zero-order valence-electron chi connectivity index (χ0n) is 14.5.